The number of benzene rings is 1. The smallest absolute Gasteiger partial charge is 0.267 e. The zero-order valence-electron chi connectivity index (χ0n) is 16.5. The highest BCUT2D eigenvalue weighted by Crippen LogP contribution is 2.39. The van der Waals surface area contributed by atoms with Crippen LogP contribution >= 0.6 is 11.3 Å². The van der Waals surface area contributed by atoms with Crippen LogP contribution in [-0.4, -0.2) is 37.0 Å². The first-order chi connectivity index (χ1) is 13.9. The Bertz CT molecular complexity index is 1060. The lowest BCUT2D eigenvalue weighted by Crippen LogP contribution is -2.29. The Kier molecular flexibility index (Phi) is 6.18. The maximum atomic E-state index is 12.5. The first kappa shape index (κ1) is 20.4. The molecule has 1 N–H and O–H groups in total. The number of nitrogens with one attached hydrogen (secondary N) is 1. The lowest BCUT2D eigenvalue weighted by Gasteiger charge is -2.14. The van der Waals surface area contributed by atoms with Gasteiger partial charge in [0.1, 0.15) is 12.2 Å². The second-order valence-corrected chi connectivity index (χ2v) is 7.37. The fourth-order valence-corrected chi connectivity index (χ4v) is 3.59. The van der Waals surface area contributed by atoms with E-state index in [4.69, 9.17) is 14.2 Å². The van der Waals surface area contributed by atoms with E-state index in [1.807, 2.05) is 19.1 Å². The molecule has 3 aromatic rings. The summed E-state index contributed by atoms with van der Waals surface area (Å²) in [7, 11) is 4.48. The molecule has 0 aliphatic heterocycles. The van der Waals surface area contributed by atoms with Crippen LogP contribution in [0.5, 0.6) is 17.2 Å². The molecule has 0 aliphatic carbocycles. The quantitative estimate of drug-likeness (QED) is 0.638. The number of anilines is 1. The van der Waals surface area contributed by atoms with Gasteiger partial charge < -0.3 is 19.5 Å². The molecule has 0 aliphatic rings. The number of rotatable bonds is 7. The first-order valence-corrected chi connectivity index (χ1v) is 9.51. The van der Waals surface area contributed by atoms with Gasteiger partial charge in [0.05, 0.1) is 26.2 Å². The highest BCUT2D eigenvalue weighted by atomic mass is 32.1. The Balaban J connectivity index is 1.82. The van der Waals surface area contributed by atoms with Crippen LogP contribution < -0.4 is 25.1 Å². The summed E-state index contributed by atoms with van der Waals surface area (Å²) in [4.78, 5) is 26.7. The third-order valence-electron chi connectivity index (χ3n) is 4.10. The van der Waals surface area contributed by atoms with E-state index in [2.05, 4.69) is 10.4 Å². The SMILES string of the molecule is COc1cc(NC(=O)Cn2nc(-c3ccc(C)s3)ccc2=O)cc(OC)c1OC. The van der Waals surface area contributed by atoms with Gasteiger partial charge in [-0.15, -0.1) is 11.3 Å². The topological polar surface area (TPSA) is 91.7 Å². The van der Waals surface area contributed by atoms with Crippen molar-refractivity contribution in [1.82, 2.24) is 9.78 Å². The van der Waals surface area contributed by atoms with E-state index >= 15 is 0 Å². The van der Waals surface area contributed by atoms with Gasteiger partial charge >= 0.3 is 0 Å². The predicted molar refractivity (Wildman–Crippen MR) is 111 cm³/mol. The molecule has 2 aromatic heterocycles. The summed E-state index contributed by atoms with van der Waals surface area (Å²) < 4.78 is 17.0. The van der Waals surface area contributed by atoms with Crippen molar-refractivity contribution in [3.8, 4) is 27.8 Å². The molecule has 0 bridgehead atoms. The second-order valence-electron chi connectivity index (χ2n) is 6.09. The van der Waals surface area contributed by atoms with Gasteiger partial charge in [-0.25, -0.2) is 4.68 Å². The number of ether oxygens (including phenoxy) is 3. The van der Waals surface area contributed by atoms with Crippen molar-refractivity contribution >= 4 is 22.9 Å². The third-order valence-corrected chi connectivity index (χ3v) is 5.12. The minimum atomic E-state index is -0.409. The van der Waals surface area contributed by atoms with Gasteiger partial charge in [0, 0.05) is 28.8 Å². The van der Waals surface area contributed by atoms with Crippen molar-refractivity contribution in [2.75, 3.05) is 26.6 Å². The van der Waals surface area contributed by atoms with Gasteiger partial charge in [-0.3, -0.25) is 9.59 Å². The Morgan fingerprint density at radius 3 is 2.31 bits per heavy atom. The fraction of sp³-hybridized carbons (Fsp3) is 0.250. The van der Waals surface area contributed by atoms with Crippen LogP contribution in [0.1, 0.15) is 4.88 Å². The highest BCUT2D eigenvalue weighted by molar-refractivity contribution is 7.15. The van der Waals surface area contributed by atoms with Crippen molar-refractivity contribution in [1.29, 1.82) is 0 Å². The molecule has 1 aromatic carbocycles. The van der Waals surface area contributed by atoms with E-state index in [1.54, 1.807) is 29.5 Å². The fourth-order valence-electron chi connectivity index (χ4n) is 2.76. The summed E-state index contributed by atoms with van der Waals surface area (Å²) >= 11 is 1.57. The molecule has 0 fully saturated rings. The van der Waals surface area contributed by atoms with Crippen LogP contribution in [0.2, 0.25) is 0 Å². The van der Waals surface area contributed by atoms with Gasteiger partial charge in [0.25, 0.3) is 5.56 Å². The van der Waals surface area contributed by atoms with E-state index in [-0.39, 0.29) is 12.1 Å². The number of hydrogen-bond donors (Lipinski definition) is 1. The lowest BCUT2D eigenvalue weighted by molar-refractivity contribution is -0.117. The van der Waals surface area contributed by atoms with Crippen LogP contribution in [0.4, 0.5) is 5.69 Å². The van der Waals surface area contributed by atoms with Crippen LogP contribution in [0, 0.1) is 6.92 Å². The van der Waals surface area contributed by atoms with Crippen molar-refractivity contribution in [2.24, 2.45) is 0 Å². The molecule has 2 heterocycles. The van der Waals surface area contributed by atoms with E-state index in [0.29, 0.717) is 28.6 Å². The van der Waals surface area contributed by atoms with E-state index in [0.717, 1.165) is 14.4 Å². The zero-order chi connectivity index (χ0) is 21.0. The number of aryl methyl sites for hydroxylation is 1. The lowest BCUT2D eigenvalue weighted by atomic mass is 10.2. The van der Waals surface area contributed by atoms with Crippen LogP contribution in [0.25, 0.3) is 10.6 Å². The molecule has 1 amide bonds. The molecule has 0 unspecified atom stereocenters. The molecule has 29 heavy (non-hydrogen) atoms. The Morgan fingerprint density at radius 2 is 1.76 bits per heavy atom. The van der Waals surface area contributed by atoms with Gasteiger partial charge in [-0.2, -0.15) is 5.10 Å². The van der Waals surface area contributed by atoms with Crippen molar-refractivity contribution in [3.05, 3.63) is 51.6 Å². The largest absolute Gasteiger partial charge is 0.493 e. The van der Waals surface area contributed by atoms with E-state index in [1.165, 1.54) is 27.4 Å². The number of aromatic nitrogens is 2. The minimum absolute atomic E-state index is 0.228. The zero-order valence-corrected chi connectivity index (χ0v) is 17.3. The van der Waals surface area contributed by atoms with Gasteiger partial charge in [0.15, 0.2) is 11.5 Å². The number of hydrogen-bond acceptors (Lipinski definition) is 7. The van der Waals surface area contributed by atoms with Gasteiger partial charge in [-0.05, 0) is 25.1 Å². The molecular weight excluding hydrogens is 394 g/mol. The predicted octanol–water partition coefficient (Wildman–Crippen LogP) is 2.94. The van der Waals surface area contributed by atoms with Gasteiger partial charge in [0.2, 0.25) is 11.7 Å². The number of carbonyl (C=O) groups excluding carboxylic acids is 1. The van der Waals surface area contributed by atoms with Gasteiger partial charge in [-0.1, -0.05) is 0 Å². The summed E-state index contributed by atoms with van der Waals surface area (Å²) in [5.41, 5.74) is 0.730. The second kappa shape index (κ2) is 8.78. The number of thiophene rings is 1. The van der Waals surface area contributed by atoms with Crippen molar-refractivity contribution < 1.29 is 19.0 Å². The molecule has 0 radical (unpaired) electrons. The Morgan fingerprint density at radius 1 is 1.07 bits per heavy atom. The molecule has 0 saturated carbocycles. The number of amides is 1. The van der Waals surface area contributed by atoms with Crippen molar-refractivity contribution in [2.45, 2.75) is 13.5 Å². The van der Waals surface area contributed by atoms with Crippen LogP contribution in [0.15, 0.2) is 41.2 Å². The summed E-state index contributed by atoms with van der Waals surface area (Å²) in [5.74, 6) is 0.832. The Hall–Kier alpha value is -3.33. The molecule has 0 spiro atoms. The molecule has 8 nitrogen and oxygen atoms in total. The molecular formula is C20H21N3O5S. The average molecular weight is 415 g/mol. The standard InChI is InChI=1S/C20H21N3O5S/c1-12-5-7-17(29-12)14-6-8-19(25)23(22-14)11-18(24)21-13-9-15(26-2)20(28-4)16(10-13)27-3/h5-10H,11H2,1-4H3,(H,21,24). The molecule has 152 valence electrons. The van der Waals surface area contributed by atoms with E-state index in [9.17, 15) is 9.59 Å². The van der Waals surface area contributed by atoms with Crippen molar-refractivity contribution in [3.63, 3.8) is 0 Å². The molecule has 0 atom stereocenters. The normalized spacial score (nSPS) is 10.5. The molecule has 0 saturated heterocycles. The number of carbonyl (C=O) groups is 1. The minimum Gasteiger partial charge on any atom is -0.493 e. The highest BCUT2D eigenvalue weighted by Gasteiger charge is 2.15. The third kappa shape index (κ3) is 4.57. The Labute approximate surface area is 171 Å². The summed E-state index contributed by atoms with van der Waals surface area (Å²) in [6.07, 6.45) is 0. The average Bonchev–Trinajstić information content (AvgIpc) is 3.15. The summed E-state index contributed by atoms with van der Waals surface area (Å²) in [5, 5.41) is 7.05. The first-order valence-electron chi connectivity index (χ1n) is 8.70. The molecule has 9 heteroatoms. The van der Waals surface area contributed by atoms with Crippen LogP contribution in [-0.2, 0) is 11.3 Å². The maximum Gasteiger partial charge on any atom is 0.267 e. The maximum absolute atomic E-state index is 12.5. The molecule has 3 rings (SSSR count). The summed E-state index contributed by atoms with van der Waals surface area (Å²) in [6, 6.07) is 10.2. The van der Waals surface area contributed by atoms with E-state index < -0.39 is 5.91 Å². The monoisotopic (exact) mass is 415 g/mol. The van der Waals surface area contributed by atoms with Crippen LogP contribution in [0.3, 0.4) is 0 Å². The number of nitrogens with zero attached hydrogens (tertiary/aromatic N) is 2. The number of methoxy groups -OCH3 is 3. The summed E-state index contributed by atoms with van der Waals surface area (Å²) in [6.45, 7) is 1.77.